The van der Waals surface area contributed by atoms with Crippen LogP contribution in [-0.4, -0.2) is 18.0 Å². The SMILES string of the molecule is Cc1cc(C)c(C)c(OC2=COC3CC(OCc4ccc(F)cc4)CCC3C2=O)c1. The van der Waals surface area contributed by atoms with Crippen LogP contribution in [0, 0.1) is 32.5 Å². The lowest BCUT2D eigenvalue weighted by molar-refractivity contribution is -0.134. The second-order valence-electron chi connectivity index (χ2n) is 8.31. The van der Waals surface area contributed by atoms with Gasteiger partial charge in [0.15, 0.2) is 0 Å². The first-order valence-corrected chi connectivity index (χ1v) is 10.4. The Morgan fingerprint density at radius 1 is 1.10 bits per heavy atom. The van der Waals surface area contributed by atoms with Crippen LogP contribution in [0.15, 0.2) is 48.4 Å². The van der Waals surface area contributed by atoms with E-state index < -0.39 is 0 Å². The fraction of sp³-hybridized carbons (Fsp3) is 0.400. The van der Waals surface area contributed by atoms with Gasteiger partial charge in [0, 0.05) is 6.42 Å². The van der Waals surface area contributed by atoms with E-state index in [0.717, 1.165) is 28.7 Å². The van der Waals surface area contributed by atoms with Gasteiger partial charge in [0.25, 0.3) is 0 Å². The molecule has 4 rings (SSSR count). The fourth-order valence-corrected chi connectivity index (χ4v) is 4.18. The van der Waals surface area contributed by atoms with E-state index in [4.69, 9.17) is 14.2 Å². The molecule has 2 aromatic carbocycles. The average Bonchev–Trinajstić information content (AvgIpc) is 2.73. The van der Waals surface area contributed by atoms with Crippen LogP contribution in [0.4, 0.5) is 4.39 Å². The zero-order valence-corrected chi connectivity index (χ0v) is 17.6. The maximum absolute atomic E-state index is 13.0. The molecule has 0 amide bonds. The van der Waals surface area contributed by atoms with E-state index in [1.165, 1.54) is 18.4 Å². The van der Waals surface area contributed by atoms with Gasteiger partial charge in [-0.3, -0.25) is 4.79 Å². The van der Waals surface area contributed by atoms with Gasteiger partial charge in [0.2, 0.25) is 11.5 Å². The number of aryl methyl sites for hydroxylation is 2. The van der Waals surface area contributed by atoms with Crippen LogP contribution < -0.4 is 4.74 Å². The Hall–Kier alpha value is -2.66. The second kappa shape index (κ2) is 8.60. The van der Waals surface area contributed by atoms with Gasteiger partial charge in [-0.15, -0.1) is 0 Å². The molecule has 0 spiro atoms. The molecule has 1 aliphatic carbocycles. The van der Waals surface area contributed by atoms with E-state index in [0.29, 0.717) is 25.2 Å². The standard InChI is InChI=1S/C25H27FO4/c1-15-10-16(2)17(3)22(11-15)30-24-14-29-23-12-20(8-9-21(23)25(24)27)28-13-18-4-6-19(26)7-5-18/h4-7,10-11,14,20-21,23H,8-9,12-13H2,1-3H3. The van der Waals surface area contributed by atoms with Crippen LogP contribution in [0.3, 0.4) is 0 Å². The van der Waals surface area contributed by atoms with Crippen molar-refractivity contribution in [2.24, 2.45) is 5.92 Å². The molecule has 5 heteroatoms. The Bertz CT molecular complexity index is 964. The molecule has 3 atom stereocenters. The number of rotatable bonds is 5. The number of allylic oxidation sites excluding steroid dienone is 1. The van der Waals surface area contributed by atoms with Crippen LogP contribution >= 0.6 is 0 Å². The number of carbonyl (C=O) groups is 1. The van der Waals surface area contributed by atoms with Crippen molar-refractivity contribution < 1.29 is 23.4 Å². The van der Waals surface area contributed by atoms with Crippen molar-refractivity contribution in [2.45, 2.75) is 58.8 Å². The first-order valence-electron chi connectivity index (χ1n) is 10.4. The summed E-state index contributed by atoms with van der Waals surface area (Å²) in [6.45, 7) is 6.46. The van der Waals surface area contributed by atoms with E-state index in [-0.39, 0.29) is 35.5 Å². The van der Waals surface area contributed by atoms with Crippen molar-refractivity contribution in [3.8, 4) is 5.75 Å². The lowest BCUT2D eigenvalue weighted by Crippen LogP contribution is -2.42. The zero-order chi connectivity index (χ0) is 21.3. The lowest BCUT2D eigenvalue weighted by atomic mass is 9.80. The monoisotopic (exact) mass is 410 g/mol. The normalized spacial score (nSPS) is 23.4. The molecule has 2 aliphatic rings. The quantitative estimate of drug-likeness (QED) is 0.669. The molecule has 0 N–H and O–H groups in total. The van der Waals surface area contributed by atoms with Gasteiger partial charge in [0.1, 0.15) is 23.9 Å². The predicted octanol–water partition coefficient (Wildman–Crippen LogP) is 5.32. The molecule has 4 nitrogen and oxygen atoms in total. The molecule has 30 heavy (non-hydrogen) atoms. The maximum Gasteiger partial charge on any atom is 0.207 e. The molecule has 3 unspecified atom stereocenters. The summed E-state index contributed by atoms with van der Waals surface area (Å²) in [6, 6.07) is 10.4. The Balaban J connectivity index is 1.38. The van der Waals surface area contributed by atoms with Crippen molar-refractivity contribution in [3.63, 3.8) is 0 Å². The molecule has 1 aliphatic heterocycles. The highest BCUT2D eigenvalue weighted by molar-refractivity contribution is 5.96. The number of ketones is 1. The van der Waals surface area contributed by atoms with Gasteiger partial charge in [-0.2, -0.15) is 0 Å². The summed E-state index contributed by atoms with van der Waals surface area (Å²) in [4.78, 5) is 13.0. The fourth-order valence-electron chi connectivity index (χ4n) is 4.18. The summed E-state index contributed by atoms with van der Waals surface area (Å²) in [6.07, 6.45) is 3.42. The Morgan fingerprint density at radius 3 is 2.63 bits per heavy atom. The number of Topliss-reactive ketones (excluding diaryl/α,β-unsaturated/α-hetero) is 1. The summed E-state index contributed by atoms with van der Waals surface area (Å²) in [5.41, 5.74) is 4.17. The highest BCUT2D eigenvalue weighted by atomic mass is 19.1. The number of hydrogen-bond donors (Lipinski definition) is 0. The number of benzene rings is 2. The molecule has 0 aromatic heterocycles. The number of ether oxygens (including phenoxy) is 3. The van der Waals surface area contributed by atoms with Crippen LogP contribution in [-0.2, 0) is 20.9 Å². The largest absolute Gasteiger partial charge is 0.493 e. The van der Waals surface area contributed by atoms with Gasteiger partial charge in [-0.25, -0.2) is 4.39 Å². The van der Waals surface area contributed by atoms with Crippen molar-refractivity contribution in [1.29, 1.82) is 0 Å². The third-order valence-electron chi connectivity index (χ3n) is 6.06. The van der Waals surface area contributed by atoms with E-state index in [1.807, 2.05) is 26.8 Å². The third-order valence-corrected chi connectivity index (χ3v) is 6.06. The highest BCUT2D eigenvalue weighted by Crippen LogP contribution is 2.36. The molecule has 2 aromatic rings. The predicted molar refractivity (Wildman–Crippen MR) is 112 cm³/mol. The van der Waals surface area contributed by atoms with Crippen LogP contribution in [0.5, 0.6) is 5.75 Å². The molecule has 0 radical (unpaired) electrons. The van der Waals surface area contributed by atoms with Crippen molar-refractivity contribution >= 4 is 5.78 Å². The maximum atomic E-state index is 13.0. The van der Waals surface area contributed by atoms with Crippen molar-refractivity contribution in [3.05, 3.63) is 76.5 Å². The topological polar surface area (TPSA) is 44.8 Å². The first-order chi connectivity index (χ1) is 14.4. The van der Waals surface area contributed by atoms with E-state index >= 15 is 0 Å². The molecular formula is C25H27FO4. The van der Waals surface area contributed by atoms with E-state index in [1.54, 1.807) is 12.1 Å². The molecule has 1 saturated carbocycles. The lowest BCUT2D eigenvalue weighted by Gasteiger charge is -2.37. The minimum absolute atomic E-state index is 0.00166. The molecule has 1 fully saturated rings. The zero-order valence-electron chi connectivity index (χ0n) is 17.6. The Morgan fingerprint density at radius 2 is 1.87 bits per heavy atom. The van der Waals surface area contributed by atoms with Gasteiger partial charge >= 0.3 is 0 Å². The Kier molecular flexibility index (Phi) is 5.91. The van der Waals surface area contributed by atoms with Gasteiger partial charge in [-0.05, 0) is 74.1 Å². The summed E-state index contributed by atoms with van der Waals surface area (Å²) < 4.78 is 30.9. The highest BCUT2D eigenvalue weighted by Gasteiger charge is 2.41. The van der Waals surface area contributed by atoms with Gasteiger partial charge in [-0.1, -0.05) is 18.2 Å². The van der Waals surface area contributed by atoms with E-state index in [9.17, 15) is 9.18 Å². The minimum Gasteiger partial charge on any atom is -0.493 e. The first kappa shape index (κ1) is 20.6. The van der Waals surface area contributed by atoms with Crippen LogP contribution in [0.1, 0.15) is 41.5 Å². The van der Waals surface area contributed by atoms with E-state index in [2.05, 4.69) is 6.07 Å². The molecular weight excluding hydrogens is 383 g/mol. The minimum atomic E-state index is -0.255. The second-order valence-corrected chi connectivity index (χ2v) is 8.31. The Labute approximate surface area is 176 Å². The van der Waals surface area contributed by atoms with Gasteiger partial charge < -0.3 is 14.2 Å². The molecule has 0 saturated heterocycles. The summed E-state index contributed by atoms with van der Waals surface area (Å²) in [5, 5.41) is 0. The molecule has 158 valence electrons. The van der Waals surface area contributed by atoms with Gasteiger partial charge in [0.05, 0.1) is 18.6 Å². The smallest absolute Gasteiger partial charge is 0.207 e. The molecule has 1 heterocycles. The summed E-state index contributed by atoms with van der Waals surface area (Å²) >= 11 is 0. The third kappa shape index (κ3) is 4.41. The average molecular weight is 410 g/mol. The summed E-state index contributed by atoms with van der Waals surface area (Å²) in [7, 11) is 0. The van der Waals surface area contributed by atoms with Crippen molar-refractivity contribution in [2.75, 3.05) is 0 Å². The summed E-state index contributed by atoms with van der Waals surface area (Å²) in [5.74, 6) is 0.512. The van der Waals surface area contributed by atoms with Crippen molar-refractivity contribution in [1.82, 2.24) is 0 Å². The van der Waals surface area contributed by atoms with Crippen LogP contribution in [0.25, 0.3) is 0 Å². The van der Waals surface area contributed by atoms with Crippen LogP contribution in [0.2, 0.25) is 0 Å². The number of fused-ring (bicyclic) bond motifs is 1. The number of carbonyl (C=O) groups excluding carboxylic acids is 1. The molecule has 0 bridgehead atoms. The number of hydrogen-bond acceptors (Lipinski definition) is 4. The number of halogens is 1.